The first-order valence-corrected chi connectivity index (χ1v) is 11.2. The molecule has 0 saturated carbocycles. The molecule has 9 heteroatoms. The molecular weight excluding hydrogens is 437 g/mol. The molecular formula is C22H21ClFN5OS. The minimum Gasteiger partial charge on any atom is -0.492 e. The fourth-order valence-corrected chi connectivity index (χ4v) is 5.52. The first-order chi connectivity index (χ1) is 15.0. The second-order valence-corrected chi connectivity index (χ2v) is 9.02. The van der Waals surface area contributed by atoms with Crippen molar-refractivity contribution in [1.29, 1.82) is 0 Å². The van der Waals surface area contributed by atoms with Gasteiger partial charge < -0.3 is 10.0 Å². The summed E-state index contributed by atoms with van der Waals surface area (Å²) < 4.78 is 15.7. The summed E-state index contributed by atoms with van der Waals surface area (Å²) in [5, 5.41) is 15.9. The molecule has 160 valence electrons. The molecule has 31 heavy (non-hydrogen) atoms. The zero-order chi connectivity index (χ0) is 21.5. The number of halogens is 2. The van der Waals surface area contributed by atoms with Crippen LogP contribution in [0, 0.1) is 12.7 Å². The molecule has 0 bridgehead atoms. The summed E-state index contributed by atoms with van der Waals surface area (Å²) in [6.45, 7) is 4.57. The maximum atomic E-state index is 14.3. The van der Waals surface area contributed by atoms with Crippen molar-refractivity contribution in [1.82, 2.24) is 19.5 Å². The van der Waals surface area contributed by atoms with Crippen LogP contribution >= 0.6 is 22.9 Å². The summed E-state index contributed by atoms with van der Waals surface area (Å²) in [6, 6.07) is 14.4. The topological polar surface area (TPSA) is 56.9 Å². The van der Waals surface area contributed by atoms with Gasteiger partial charge in [0.15, 0.2) is 0 Å². The van der Waals surface area contributed by atoms with E-state index in [9.17, 15) is 9.50 Å². The highest BCUT2D eigenvalue weighted by molar-refractivity contribution is 7.17. The van der Waals surface area contributed by atoms with Crippen molar-refractivity contribution in [3.63, 3.8) is 0 Å². The minimum absolute atomic E-state index is 0.0992. The van der Waals surface area contributed by atoms with Crippen molar-refractivity contribution < 1.29 is 9.50 Å². The lowest BCUT2D eigenvalue weighted by Crippen LogP contribution is -2.48. The van der Waals surface area contributed by atoms with Crippen molar-refractivity contribution >= 4 is 33.6 Å². The molecule has 0 radical (unpaired) electrons. The normalized spacial score (nSPS) is 16.2. The van der Waals surface area contributed by atoms with E-state index in [1.165, 1.54) is 21.9 Å². The van der Waals surface area contributed by atoms with Gasteiger partial charge in [0.25, 0.3) is 0 Å². The number of fused-ring (bicyclic) bond motifs is 1. The van der Waals surface area contributed by atoms with E-state index < -0.39 is 0 Å². The summed E-state index contributed by atoms with van der Waals surface area (Å²) in [4.78, 5) is 10.2. The fraction of sp³-hybridized carbons (Fsp3) is 0.273. The highest BCUT2D eigenvalue weighted by Gasteiger charge is 2.32. The molecule has 1 aliphatic heterocycles. The smallest absolute Gasteiger partial charge is 0.230 e. The third kappa shape index (κ3) is 3.75. The van der Waals surface area contributed by atoms with Crippen molar-refractivity contribution in [2.24, 2.45) is 0 Å². The third-order valence-corrected chi connectivity index (χ3v) is 6.90. The monoisotopic (exact) mass is 457 g/mol. The van der Waals surface area contributed by atoms with Crippen molar-refractivity contribution in [3.05, 3.63) is 75.6 Å². The van der Waals surface area contributed by atoms with E-state index in [0.717, 1.165) is 10.4 Å². The zero-order valence-corrected chi connectivity index (χ0v) is 18.4. The standard InChI is InChI=1S/C22H21ClFN5OS/c1-14-25-22-29(26-14)21(30)20(31-22)19(15-5-4-6-16(23)13-15)28-11-9-27(10-12-28)18-8-3-2-7-17(18)24/h2-8,13,19,30H,9-12H2,1H3. The molecule has 1 N–H and O–H groups in total. The van der Waals surface area contributed by atoms with Crippen LogP contribution in [-0.4, -0.2) is 50.8 Å². The Labute approximate surface area is 188 Å². The number of thiazole rings is 1. The lowest BCUT2D eigenvalue weighted by Gasteiger charge is -2.40. The van der Waals surface area contributed by atoms with E-state index in [2.05, 4.69) is 19.9 Å². The van der Waals surface area contributed by atoms with Crippen LogP contribution in [0.5, 0.6) is 5.88 Å². The van der Waals surface area contributed by atoms with Crippen LogP contribution in [0.1, 0.15) is 22.3 Å². The number of aromatic nitrogens is 3. The van der Waals surface area contributed by atoms with Crippen LogP contribution in [0.2, 0.25) is 5.02 Å². The van der Waals surface area contributed by atoms with E-state index in [1.54, 1.807) is 13.0 Å². The second-order valence-electron chi connectivity index (χ2n) is 7.58. The minimum atomic E-state index is -0.207. The van der Waals surface area contributed by atoms with Gasteiger partial charge in [0.2, 0.25) is 10.8 Å². The number of para-hydroxylation sites is 1. The van der Waals surface area contributed by atoms with Crippen molar-refractivity contribution in [3.8, 4) is 5.88 Å². The molecule has 0 spiro atoms. The predicted octanol–water partition coefficient (Wildman–Crippen LogP) is 4.51. The molecule has 0 aliphatic carbocycles. The number of rotatable bonds is 4. The van der Waals surface area contributed by atoms with E-state index in [1.807, 2.05) is 36.4 Å². The van der Waals surface area contributed by atoms with Gasteiger partial charge in [0, 0.05) is 31.2 Å². The molecule has 0 amide bonds. The fourth-order valence-electron chi connectivity index (χ4n) is 4.16. The molecule has 1 saturated heterocycles. The maximum absolute atomic E-state index is 14.3. The van der Waals surface area contributed by atoms with Crippen molar-refractivity contribution in [2.45, 2.75) is 13.0 Å². The van der Waals surface area contributed by atoms with Gasteiger partial charge in [-0.2, -0.15) is 4.52 Å². The molecule has 3 heterocycles. The van der Waals surface area contributed by atoms with Crippen LogP contribution < -0.4 is 4.90 Å². The van der Waals surface area contributed by atoms with Gasteiger partial charge >= 0.3 is 0 Å². The quantitative estimate of drug-likeness (QED) is 0.488. The Bertz CT molecular complexity index is 1230. The first kappa shape index (κ1) is 20.2. The average Bonchev–Trinajstić information content (AvgIpc) is 3.27. The van der Waals surface area contributed by atoms with Crippen molar-refractivity contribution in [2.75, 3.05) is 31.1 Å². The lowest BCUT2D eigenvalue weighted by atomic mass is 10.0. The van der Waals surface area contributed by atoms with Gasteiger partial charge in [-0.25, -0.2) is 9.37 Å². The van der Waals surface area contributed by atoms with Gasteiger partial charge in [-0.3, -0.25) is 4.90 Å². The molecule has 6 nitrogen and oxygen atoms in total. The third-order valence-electron chi connectivity index (χ3n) is 5.59. The summed E-state index contributed by atoms with van der Waals surface area (Å²) >= 11 is 7.72. The first-order valence-electron chi connectivity index (χ1n) is 10.1. The zero-order valence-electron chi connectivity index (χ0n) is 16.9. The summed E-state index contributed by atoms with van der Waals surface area (Å²) in [5.74, 6) is 0.508. The van der Waals surface area contributed by atoms with Gasteiger partial charge in [0.05, 0.1) is 16.6 Å². The van der Waals surface area contributed by atoms with E-state index in [4.69, 9.17) is 11.6 Å². The summed E-state index contributed by atoms with van der Waals surface area (Å²) in [6.07, 6.45) is 0. The number of benzene rings is 2. The summed E-state index contributed by atoms with van der Waals surface area (Å²) in [5.41, 5.74) is 1.61. The molecule has 1 atom stereocenters. The van der Waals surface area contributed by atoms with Crippen LogP contribution in [0.15, 0.2) is 48.5 Å². The Balaban J connectivity index is 1.49. The Morgan fingerprint density at radius 3 is 2.58 bits per heavy atom. The van der Waals surface area contributed by atoms with E-state index in [0.29, 0.717) is 47.7 Å². The number of anilines is 1. The van der Waals surface area contributed by atoms with Gasteiger partial charge in [0.1, 0.15) is 11.6 Å². The molecule has 2 aromatic heterocycles. The number of nitrogens with zero attached hydrogens (tertiary/aromatic N) is 5. The van der Waals surface area contributed by atoms with E-state index in [-0.39, 0.29) is 17.7 Å². The Morgan fingerprint density at radius 2 is 1.87 bits per heavy atom. The molecule has 1 unspecified atom stereocenters. The number of hydrogen-bond acceptors (Lipinski definition) is 6. The van der Waals surface area contributed by atoms with E-state index >= 15 is 0 Å². The van der Waals surface area contributed by atoms with Gasteiger partial charge in [-0.15, -0.1) is 5.10 Å². The highest BCUT2D eigenvalue weighted by atomic mass is 35.5. The number of aryl methyl sites for hydroxylation is 1. The molecule has 4 aromatic rings. The average molecular weight is 458 g/mol. The second kappa shape index (κ2) is 8.11. The Kier molecular flexibility index (Phi) is 5.29. The van der Waals surface area contributed by atoms with Crippen LogP contribution in [0.25, 0.3) is 4.96 Å². The SMILES string of the molecule is Cc1nc2sc(C(c3cccc(Cl)c3)N3CCN(c4ccccc4F)CC3)c(O)n2n1. The summed E-state index contributed by atoms with van der Waals surface area (Å²) in [7, 11) is 0. The largest absolute Gasteiger partial charge is 0.492 e. The predicted molar refractivity (Wildman–Crippen MR) is 121 cm³/mol. The molecule has 1 aliphatic rings. The van der Waals surface area contributed by atoms with Crippen LogP contribution in [0.4, 0.5) is 10.1 Å². The Morgan fingerprint density at radius 1 is 1.10 bits per heavy atom. The van der Waals surface area contributed by atoms with Gasteiger partial charge in [-0.05, 0) is 36.8 Å². The van der Waals surface area contributed by atoms with Gasteiger partial charge in [-0.1, -0.05) is 47.2 Å². The number of aromatic hydroxyl groups is 1. The number of hydrogen-bond donors (Lipinski definition) is 1. The molecule has 2 aromatic carbocycles. The molecule has 1 fully saturated rings. The lowest BCUT2D eigenvalue weighted by molar-refractivity contribution is 0.210. The van der Waals surface area contributed by atoms with Crippen LogP contribution in [-0.2, 0) is 0 Å². The highest BCUT2D eigenvalue weighted by Crippen LogP contribution is 2.41. The number of piperazine rings is 1. The van der Waals surface area contributed by atoms with Crippen LogP contribution in [0.3, 0.4) is 0 Å². The molecule has 5 rings (SSSR count). The maximum Gasteiger partial charge on any atom is 0.230 e. The Hall–Kier alpha value is -2.68.